The Balaban J connectivity index is 2.57. The average Bonchev–Trinajstić information content (AvgIpc) is 2.31. The third-order valence-corrected chi connectivity index (χ3v) is 2.93. The van der Waals surface area contributed by atoms with Crippen LogP contribution in [0.25, 0.3) is 0 Å². The zero-order valence-corrected chi connectivity index (χ0v) is 11.2. The number of rotatable bonds is 7. The molecule has 1 aromatic carbocycles. The van der Waals surface area contributed by atoms with Crippen LogP contribution < -0.4 is 5.32 Å². The number of nitrogens with zero attached hydrogens (tertiary/aromatic N) is 1. The Bertz CT molecular complexity index is 491. The summed E-state index contributed by atoms with van der Waals surface area (Å²) < 4.78 is 0. The molecule has 0 unspecified atom stereocenters. The number of carbonyl (C=O) groups is 1. The van der Waals surface area contributed by atoms with Gasteiger partial charge in [0.25, 0.3) is 5.69 Å². The van der Waals surface area contributed by atoms with Crippen LogP contribution >= 0.6 is 11.6 Å². The maximum absolute atomic E-state index is 10.7. The molecule has 0 saturated carbocycles. The molecule has 6 nitrogen and oxygen atoms in total. The van der Waals surface area contributed by atoms with Crippen LogP contribution in [0, 0.1) is 17.0 Å². The molecule has 7 heteroatoms. The summed E-state index contributed by atoms with van der Waals surface area (Å²) in [4.78, 5) is 20.5. The molecule has 0 atom stereocenters. The Morgan fingerprint density at radius 3 is 2.74 bits per heavy atom. The minimum atomic E-state index is -0.811. The van der Waals surface area contributed by atoms with Gasteiger partial charge in [0.1, 0.15) is 5.02 Å². The van der Waals surface area contributed by atoms with Crippen LogP contribution in [0.1, 0.15) is 24.8 Å². The Morgan fingerprint density at radius 2 is 2.16 bits per heavy atom. The van der Waals surface area contributed by atoms with Crippen molar-refractivity contribution in [2.45, 2.75) is 26.2 Å². The molecule has 2 N–H and O–H groups in total. The van der Waals surface area contributed by atoms with E-state index in [0.717, 1.165) is 11.3 Å². The molecule has 0 amide bonds. The lowest BCUT2D eigenvalue weighted by molar-refractivity contribution is -0.384. The lowest BCUT2D eigenvalue weighted by atomic mass is 10.1. The molecule has 104 valence electrons. The lowest BCUT2D eigenvalue weighted by Gasteiger charge is -2.09. The average molecular weight is 287 g/mol. The van der Waals surface area contributed by atoms with Crippen LogP contribution in [0.5, 0.6) is 0 Å². The van der Waals surface area contributed by atoms with E-state index in [1.165, 1.54) is 12.1 Å². The van der Waals surface area contributed by atoms with Crippen molar-refractivity contribution in [2.75, 3.05) is 11.9 Å². The van der Waals surface area contributed by atoms with Gasteiger partial charge in [-0.2, -0.15) is 0 Å². The second-order valence-corrected chi connectivity index (χ2v) is 4.56. The highest BCUT2D eigenvalue weighted by molar-refractivity contribution is 6.33. The van der Waals surface area contributed by atoms with Gasteiger partial charge in [-0.25, -0.2) is 0 Å². The Kier molecular flexibility index (Phi) is 5.57. The summed E-state index contributed by atoms with van der Waals surface area (Å²) in [7, 11) is 0. The lowest BCUT2D eigenvalue weighted by Crippen LogP contribution is -2.05. The minimum absolute atomic E-state index is 0.0867. The number of aryl methyl sites for hydroxylation is 1. The monoisotopic (exact) mass is 286 g/mol. The zero-order valence-electron chi connectivity index (χ0n) is 10.5. The van der Waals surface area contributed by atoms with Crippen LogP contribution in [0.4, 0.5) is 11.4 Å². The number of unbranched alkanes of at least 4 members (excludes halogenated alkanes) is 1. The molecule has 0 fully saturated rings. The summed E-state index contributed by atoms with van der Waals surface area (Å²) in [6.45, 7) is 2.35. The largest absolute Gasteiger partial charge is 0.481 e. The summed E-state index contributed by atoms with van der Waals surface area (Å²) >= 11 is 5.82. The van der Waals surface area contributed by atoms with Crippen molar-refractivity contribution >= 4 is 28.9 Å². The molecule has 0 spiro atoms. The first-order valence-electron chi connectivity index (χ1n) is 5.82. The van der Waals surface area contributed by atoms with Gasteiger partial charge in [-0.3, -0.25) is 14.9 Å². The van der Waals surface area contributed by atoms with Gasteiger partial charge in [0.2, 0.25) is 0 Å². The number of aliphatic carboxylic acids is 1. The van der Waals surface area contributed by atoms with E-state index in [4.69, 9.17) is 16.7 Å². The van der Waals surface area contributed by atoms with Crippen LogP contribution in [-0.4, -0.2) is 22.5 Å². The Morgan fingerprint density at radius 1 is 1.47 bits per heavy atom. The number of nitro groups is 1. The quantitative estimate of drug-likeness (QED) is 0.456. The molecule has 0 aromatic heterocycles. The van der Waals surface area contributed by atoms with E-state index in [9.17, 15) is 14.9 Å². The van der Waals surface area contributed by atoms with Crippen LogP contribution in [-0.2, 0) is 4.79 Å². The Labute approximate surface area is 115 Å². The van der Waals surface area contributed by atoms with Crippen molar-refractivity contribution in [2.24, 2.45) is 0 Å². The van der Waals surface area contributed by atoms with Gasteiger partial charge in [0, 0.05) is 24.7 Å². The normalized spacial score (nSPS) is 10.2. The van der Waals surface area contributed by atoms with Gasteiger partial charge in [-0.1, -0.05) is 11.6 Å². The number of nitro benzene ring substituents is 1. The third-order valence-electron chi connectivity index (χ3n) is 2.62. The van der Waals surface area contributed by atoms with E-state index < -0.39 is 10.9 Å². The first-order chi connectivity index (χ1) is 8.91. The summed E-state index contributed by atoms with van der Waals surface area (Å²) in [5, 5.41) is 22.4. The van der Waals surface area contributed by atoms with Crippen molar-refractivity contribution in [3.8, 4) is 0 Å². The summed E-state index contributed by atoms with van der Waals surface area (Å²) in [6, 6.07) is 2.94. The van der Waals surface area contributed by atoms with Gasteiger partial charge in [0.05, 0.1) is 4.92 Å². The van der Waals surface area contributed by atoms with Crippen molar-refractivity contribution in [1.29, 1.82) is 0 Å². The fraction of sp³-hybridized carbons (Fsp3) is 0.417. The number of carboxylic acids is 1. The number of benzene rings is 1. The van der Waals surface area contributed by atoms with Gasteiger partial charge in [0.15, 0.2) is 0 Å². The molecule has 0 bridgehead atoms. The van der Waals surface area contributed by atoms with E-state index >= 15 is 0 Å². The maximum atomic E-state index is 10.7. The van der Waals surface area contributed by atoms with Crippen molar-refractivity contribution < 1.29 is 14.8 Å². The molecule has 1 rings (SSSR count). The minimum Gasteiger partial charge on any atom is -0.481 e. The maximum Gasteiger partial charge on any atom is 0.303 e. The van der Waals surface area contributed by atoms with E-state index in [1.54, 1.807) is 6.92 Å². The molecule has 1 aromatic rings. The van der Waals surface area contributed by atoms with Crippen molar-refractivity contribution in [3.05, 3.63) is 32.8 Å². The van der Waals surface area contributed by atoms with Crippen molar-refractivity contribution in [1.82, 2.24) is 0 Å². The topological polar surface area (TPSA) is 92.5 Å². The summed E-state index contributed by atoms with van der Waals surface area (Å²) in [5.41, 5.74) is 1.34. The smallest absolute Gasteiger partial charge is 0.303 e. The molecule has 0 heterocycles. The number of hydrogen-bond donors (Lipinski definition) is 2. The third kappa shape index (κ3) is 4.75. The molecule has 0 radical (unpaired) electrons. The fourth-order valence-corrected chi connectivity index (χ4v) is 1.85. The second-order valence-electron chi connectivity index (χ2n) is 4.15. The number of halogens is 1. The molecule has 0 aliphatic rings. The molecule has 0 saturated heterocycles. The second kappa shape index (κ2) is 6.94. The molecule has 0 aliphatic carbocycles. The van der Waals surface area contributed by atoms with Crippen molar-refractivity contribution in [3.63, 3.8) is 0 Å². The van der Waals surface area contributed by atoms with Gasteiger partial charge in [-0.05, 0) is 31.4 Å². The highest BCUT2D eigenvalue weighted by atomic mass is 35.5. The highest BCUT2D eigenvalue weighted by Gasteiger charge is 2.14. The summed E-state index contributed by atoms with van der Waals surface area (Å²) in [6.07, 6.45) is 1.43. The first kappa shape index (κ1) is 15.2. The number of anilines is 1. The molecule has 19 heavy (non-hydrogen) atoms. The van der Waals surface area contributed by atoms with E-state index in [1.807, 2.05) is 0 Å². The number of carboxylic acid groups (broad SMARTS) is 1. The van der Waals surface area contributed by atoms with Crippen LogP contribution in [0.15, 0.2) is 12.1 Å². The van der Waals surface area contributed by atoms with Gasteiger partial charge < -0.3 is 10.4 Å². The zero-order chi connectivity index (χ0) is 14.4. The molecular weight excluding hydrogens is 272 g/mol. The van der Waals surface area contributed by atoms with E-state index in [0.29, 0.717) is 19.4 Å². The van der Waals surface area contributed by atoms with E-state index in [2.05, 4.69) is 5.32 Å². The predicted molar refractivity (Wildman–Crippen MR) is 72.8 cm³/mol. The Hall–Kier alpha value is -1.82. The van der Waals surface area contributed by atoms with Crippen LogP contribution in [0.2, 0.25) is 5.02 Å². The SMILES string of the molecule is Cc1cc([N+](=O)[O-])c(Cl)cc1NCCCCC(=O)O. The first-order valence-corrected chi connectivity index (χ1v) is 6.20. The van der Waals surface area contributed by atoms with Crippen LogP contribution in [0.3, 0.4) is 0 Å². The predicted octanol–water partition coefficient (Wildman–Crippen LogP) is 3.22. The fourth-order valence-electron chi connectivity index (χ4n) is 1.62. The van der Waals surface area contributed by atoms with Gasteiger partial charge in [-0.15, -0.1) is 0 Å². The van der Waals surface area contributed by atoms with E-state index in [-0.39, 0.29) is 17.1 Å². The number of hydrogen-bond acceptors (Lipinski definition) is 4. The molecule has 0 aliphatic heterocycles. The van der Waals surface area contributed by atoms with Gasteiger partial charge >= 0.3 is 5.97 Å². The highest BCUT2D eigenvalue weighted by Crippen LogP contribution is 2.30. The number of nitrogens with one attached hydrogen (secondary N) is 1. The standard InChI is InChI=1S/C12H15ClN2O4/c1-8-6-11(15(18)19)9(13)7-10(8)14-5-3-2-4-12(16)17/h6-7,14H,2-5H2,1H3,(H,16,17). The summed E-state index contributed by atoms with van der Waals surface area (Å²) in [5.74, 6) is -0.811. The molecular formula is C12H15ClN2O4.